The fraction of sp³-hybridized carbons (Fsp3) is 0.577. The van der Waals surface area contributed by atoms with E-state index in [9.17, 15) is 106 Å². The Bertz CT molecular complexity index is 2720. The second kappa shape index (κ2) is 39.9. The van der Waals surface area contributed by atoms with Crippen LogP contribution < -0.4 is 70.8 Å². The van der Waals surface area contributed by atoms with Crippen molar-refractivity contribution in [2.45, 2.75) is 165 Å². The standard InChI is InChI=1S/C50H78N14O19.C2HF3O2/c1-23(2)18-31(60-47(80)33(20-35(52)66)63-48(81)39(24(3)4)64-43(76)29(14-16-37(69)70)58-41(74)27(51)22-65)45(78)62-34(21-38(71)72)44(77)56-25(5)40(73)57-28(13-15-36(67)68)42(75)61-32(19-26-10-7-6-8-11-26)46(79)59-30(49(82)83)12-9-17-55-50(53)54;3-2(4,5)1(6)7/h6-8,10-11,23-25,27-34,39,65H,9,12-22,51H2,1-5H3,(H2,52,66)(H,56,77)(H,57,73)(H,58,74)(H,59,79)(H,60,80)(H,61,75)(H,62,78)(H,63,81)(H,64,76)(H,67,68)(H,69,70)(H,71,72)(H,82,83)(H4,53,54,55);(H,6,7)/t25-,27-,28-,29-,30-,31-,32-,33-,34-,39-;/m0./s1. The zero-order valence-electron chi connectivity index (χ0n) is 49.5. The lowest BCUT2D eigenvalue weighted by molar-refractivity contribution is -0.192. The van der Waals surface area contributed by atoms with Crippen LogP contribution >= 0.6 is 0 Å². The first-order valence-electron chi connectivity index (χ1n) is 27.4. The Morgan fingerprint density at radius 3 is 1.39 bits per heavy atom. The first-order chi connectivity index (χ1) is 41.7. The van der Waals surface area contributed by atoms with E-state index in [1.165, 1.54) is 13.8 Å². The number of aliphatic carboxylic acids is 5. The van der Waals surface area contributed by atoms with Crippen molar-refractivity contribution in [2.75, 3.05) is 13.2 Å². The number of carbonyl (C=O) groups excluding carboxylic acids is 10. The van der Waals surface area contributed by atoms with E-state index in [1.54, 1.807) is 44.2 Å². The first kappa shape index (κ1) is 80.2. The molecule has 1 aromatic carbocycles. The molecule has 0 aliphatic carbocycles. The van der Waals surface area contributed by atoms with Crippen LogP contribution in [0.15, 0.2) is 35.3 Å². The average molecular weight is 1290 g/mol. The van der Waals surface area contributed by atoms with Crippen molar-refractivity contribution in [2.24, 2.45) is 39.8 Å². The number of hydrogen-bond donors (Lipinski definition) is 19. The molecular weight excluding hydrogens is 1210 g/mol. The Morgan fingerprint density at radius 1 is 0.511 bits per heavy atom. The van der Waals surface area contributed by atoms with Crippen molar-refractivity contribution >= 4 is 94.9 Å². The SMILES string of the molecule is CC(C)C[C@H](NC(=O)[C@H](CC(N)=O)NC(=O)[C@@H](NC(=O)[C@H](CCC(=O)O)NC(=O)[C@@H](N)CO)C(C)C)C(=O)N[C@@H](CC(=O)O)C(=O)N[C@@H](C)C(=O)N[C@@H](CCC(=O)O)C(=O)N[C@@H](Cc1ccccc1)C(=O)N[C@@H](CCCN=C(N)N)C(=O)O.O=C(O)C(F)(F)F. The third-order valence-corrected chi connectivity index (χ3v) is 12.2. The molecule has 0 radical (unpaired) electrons. The summed E-state index contributed by atoms with van der Waals surface area (Å²) in [6.45, 7) is 6.40. The van der Waals surface area contributed by atoms with Crippen molar-refractivity contribution in [1.29, 1.82) is 0 Å². The van der Waals surface area contributed by atoms with Gasteiger partial charge in [-0.15, -0.1) is 0 Å². The quantitative estimate of drug-likeness (QED) is 0.0166. The van der Waals surface area contributed by atoms with Crippen LogP contribution in [0.4, 0.5) is 13.2 Å². The lowest BCUT2D eigenvalue weighted by Crippen LogP contribution is -2.61. The number of hydrogen-bond acceptors (Lipinski definition) is 18. The summed E-state index contributed by atoms with van der Waals surface area (Å²) in [6, 6.07) is -8.40. The molecule has 0 aromatic heterocycles. The van der Waals surface area contributed by atoms with Crippen LogP contribution in [-0.2, 0) is 78.3 Å². The van der Waals surface area contributed by atoms with Crippen LogP contribution in [0.25, 0.3) is 0 Å². The van der Waals surface area contributed by atoms with Gasteiger partial charge in [0.25, 0.3) is 0 Å². The van der Waals surface area contributed by atoms with Crippen LogP contribution in [0.5, 0.6) is 0 Å². The van der Waals surface area contributed by atoms with Crippen LogP contribution in [0, 0.1) is 11.8 Å². The summed E-state index contributed by atoms with van der Waals surface area (Å²) in [5, 5.41) is 75.3. The maximum atomic E-state index is 13.9. The van der Waals surface area contributed by atoms with Gasteiger partial charge in [0.2, 0.25) is 59.1 Å². The predicted molar refractivity (Wildman–Crippen MR) is 304 cm³/mol. The number of carboxylic acids is 5. The zero-order valence-corrected chi connectivity index (χ0v) is 49.5. The number of primary amides is 1. The van der Waals surface area contributed by atoms with Gasteiger partial charge < -0.3 is 101 Å². The van der Waals surface area contributed by atoms with Crippen LogP contribution in [0.3, 0.4) is 0 Å². The first-order valence-corrected chi connectivity index (χ1v) is 27.4. The number of carbonyl (C=O) groups is 15. The van der Waals surface area contributed by atoms with Crippen molar-refractivity contribution < 1.29 is 116 Å². The molecule has 90 heavy (non-hydrogen) atoms. The monoisotopic (exact) mass is 1290 g/mol. The fourth-order valence-electron chi connectivity index (χ4n) is 7.57. The molecule has 0 bridgehead atoms. The minimum Gasteiger partial charge on any atom is -0.481 e. The number of aliphatic hydroxyl groups excluding tert-OH is 1. The van der Waals surface area contributed by atoms with Gasteiger partial charge in [-0.25, -0.2) is 9.59 Å². The number of nitrogens with one attached hydrogen (secondary N) is 9. The number of alkyl halides is 3. The Kier molecular flexibility index (Phi) is 35.6. The third-order valence-electron chi connectivity index (χ3n) is 12.2. The van der Waals surface area contributed by atoms with Crippen LogP contribution in [-0.4, -0.2) is 205 Å². The summed E-state index contributed by atoms with van der Waals surface area (Å²) in [4.78, 5) is 194. The molecule has 35 nitrogen and oxygen atoms in total. The molecule has 38 heteroatoms. The molecule has 0 spiro atoms. The number of halogens is 3. The highest BCUT2D eigenvalue weighted by atomic mass is 19.4. The number of rotatable bonds is 39. The minimum atomic E-state index is -5.08. The Hall–Kier alpha value is -9.75. The molecule has 0 aliphatic rings. The molecule has 10 amide bonds. The molecule has 0 saturated heterocycles. The lowest BCUT2D eigenvalue weighted by atomic mass is 10.00. The molecule has 0 heterocycles. The van der Waals surface area contributed by atoms with E-state index in [2.05, 4.69) is 52.8 Å². The van der Waals surface area contributed by atoms with Gasteiger partial charge in [-0.2, -0.15) is 13.2 Å². The summed E-state index contributed by atoms with van der Waals surface area (Å²) < 4.78 is 31.7. The number of benzene rings is 1. The topological polar surface area (TPSA) is 602 Å². The fourth-order valence-corrected chi connectivity index (χ4v) is 7.57. The summed E-state index contributed by atoms with van der Waals surface area (Å²) in [6.07, 6.45) is -10.00. The van der Waals surface area contributed by atoms with E-state index in [1.807, 2.05) is 0 Å². The highest BCUT2D eigenvalue weighted by Crippen LogP contribution is 2.14. The number of aliphatic hydroxyl groups is 1. The maximum Gasteiger partial charge on any atom is 0.490 e. The highest BCUT2D eigenvalue weighted by molar-refractivity contribution is 6.00. The van der Waals surface area contributed by atoms with E-state index in [0.29, 0.717) is 5.56 Å². The van der Waals surface area contributed by atoms with E-state index in [0.717, 1.165) is 6.92 Å². The number of aliphatic imine (C=N–C) groups is 1. The minimum absolute atomic E-state index is 0.0300. The Morgan fingerprint density at radius 2 is 0.933 bits per heavy atom. The number of nitrogens with zero attached hydrogens (tertiary/aromatic N) is 1. The van der Waals surface area contributed by atoms with Crippen molar-refractivity contribution in [1.82, 2.24) is 47.9 Å². The maximum absolute atomic E-state index is 13.9. The van der Waals surface area contributed by atoms with Crippen molar-refractivity contribution in [3.63, 3.8) is 0 Å². The lowest BCUT2D eigenvalue weighted by Gasteiger charge is -2.28. The second-order valence-corrected chi connectivity index (χ2v) is 20.7. The summed E-state index contributed by atoms with van der Waals surface area (Å²) in [5.74, 6) is -21.3. The molecular formula is C52H79F3N14O21. The van der Waals surface area contributed by atoms with Gasteiger partial charge in [-0.05, 0) is 56.4 Å². The van der Waals surface area contributed by atoms with E-state index < -0.39 is 212 Å². The zero-order chi connectivity index (χ0) is 69.3. The van der Waals surface area contributed by atoms with Gasteiger partial charge in [0.15, 0.2) is 5.96 Å². The normalized spacial score (nSPS) is 14.3. The smallest absolute Gasteiger partial charge is 0.481 e. The number of carboxylic acid groups (broad SMARTS) is 5. The molecule has 0 unspecified atom stereocenters. The van der Waals surface area contributed by atoms with Gasteiger partial charge in [-0.1, -0.05) is 58.0 Å². The Balaban J connectivity index is 0.0000106. The third kappa shape index (κ3) is 32.8. The molecule has 1 rings (SSSR count). The predicted octanol–water partition coefficient (Wildman–Crippen LogP) is -5.51. The van der Waals surface area contributed by atoms with E-state index in [-0.39, 0.29) is 38.2 Å². The summed E-state index contributed by atoms with van der Waals surface area (Å²) in [7, 11) is 0. The van der Waals surface area contributed by atoms with Crippen molar-refractivity contribution in [3.05, 3.63) is 35.9 Å². The van der Waals surface area contributed by atoms with Gasteiger partial charge in [-0.3, -0.25) is 67.3 Å². The molecule has 0 aliphatic heterocycles. The molecule has 10 atom stereocenters. The van der Waals surface area contributed by atoms with Gasteiger partial charge >= 0.3 is 36.0 Å². The molecule has 0 fully saturated rings. The number of nitrogens with two attached hydrogens (primary N) is 4. The number of amides is 10. The second-order valence-electron chi connectivity index (χ2n) is 20.7. The number of guanidine groups is 1. The van der Waals surface area contributed by atoms with Crippen molar-refractivity contribution in [3.8, 4) is 0 Å². The van der Waals surface area contributed by atoms with Crippen LogP contribution in [0.2, 0.25) is 0 Å². The highest BCUT2D eigenvalue weighted by Gasteiger charge is 2.39. The summed E-state index contributed by atoms with van der Waals surface area (Å²) >= 11 is 0. The molecule has 0 saturated carbocycles. The van der Waals surface area contributed by atoms with Gasteiger partial charge in [0.05, 0.1) is 19.4 Å². The molecule has 504 valence electrons. The summed E-state index contributed by atoms with van der Waals surface area (Å²) in [5.41, 5.74) is 22.1. The van der Waals surface area contributed by atoms with Crippen LogP contribution in [0.1, 0.15) is 98.0 Å². The van der Waals surface area contributed by atoms with E-state index in [4.69, 9.17) is 32.8 Å². The Labute approximate surface area is 511 Å². The van der Waals surface area contributed by atoms with Gasteiger partial charge in [0, 0.05) is 25.8 Å². The van der Waals surface area contributed by atoms with Gasteiger partial charge in [0.1, 0.15) is 60.4 Å². The van der Waals surface area contributed by atoms with E-state index >= 15 is 0 Å². The average Bonchev–Trinajstić information content (AvgIpc) is 1.13. The largest absolute Gasteiger partial charge is 0.490 e. The molecule has 1 aromatic rings. The molecule has 23 N–H and O–H groups in total.